The second-order valence-electron chi connectivity index (χ2n) is 7.50. The van der Waals surface area contributed by atoms with Crippen molar-refractivity contribution < 1.29 is 18.0 Å². The van der Waals surface area contributed by atoms with Gasteiger partial charge in [-0.1, -0.05) is 30.3 Å². The molecule has 8 heteroatoms. The van der Waals surface area contributed by atoms with E-state index in [0.717, 1.165) is 5.56 Å². The Morgan fingerprint density at radius 2 is 1.57 bits per heavy atom. The molecule has 1 atom stereocenters. The molecule has 0 unspecified atom stereocenters. The van der Waals surface area contributed by atoms with Gasteiger partial charge in [-0.25, -0.2) is 13.1 Å². The molecule has 0 radical (unpaired) electrons. The van der Waals surface area contributed by atoms with E-state index in [0.29, 0.717) is 0 Å². The van der Waals surface area contributed by atoms with Crippen LogP contribution in [0.4, 0.5) is 0 Å². The zero-order valence-electron chi connectivity index (χ0n) is 16.1. The lowest BCUT2D eigenvalue weighted by Crippen LogP contribution is -2.45. The minimum Gasteiger partial charge on any atom is -0.368 e. The monoisotopic (exact) mass is 403 g/mol. The average molecular weight is 404 g/mol. The fourth-order valence-electron chi connectivity index (χ4n) is 2.56. The lowest BCUT2D eigenvalue weighted by Gasteiger charge is -2.20. The van der Waals surface area contributed by atoms with Crippen molar-refractivity contribution in [2.24, 2.45) is 5.73 Å². The molecule has 0 saturated carbocycles. The molecule has 150 valence electrons. The number of nitrogens with two attached hydrogens (primary N) is 1. The highest BCUT2D eigenvalue weighted by Crippen LogP contribution is 2.14. The van der Waals surface area contributed by atoms with Crippen LogP contribution in [0.25, 0.3) is 0 Å². The number of carbonyl (C=O) groups excluding carboxylic acids is 2. The van der Waals surface area contributed by atoms with Crippen LogP contribution in [-0.4, -0.2) is 31.8 Å². The summed E-state index contributed by atoms with van der Waals surface area (Å²) < 4.78 is 27.2. The predicted molar refractivity (Wildman–Crippen MR) is 107 cm³/mol. The zero-order chi connectivity index (χ0) is 20.9. The first-order chi connectivity index (χ1) is 13.0. The second kappa shape index (κ2) is 8.53. The van der Waals surface area contributed by atoms with E-state index in [-0.39, 0.29) is 16.9 Å². The van der Waals surface area contributed by atoms with Crippen molar-refractivity contribution >= 4 is 21.8 Å². The summed E-state index contributed by atoms with van der Waals surface area (Å²) in [5.74, 6) is -1.15. The molecule has 4 N–H and O–H groups in total. The van der Waals surface area contributed by atoms with Gasteiger partial charge < -0.3 is 11.1 Å². The summed E-state index contributed by atoms with van der Waals surface area (Å²) in [6.45, 7) is 5.22. The number of hydrogen-bond donors (Lipinski definition) is 3. The molecule has 2 rings (SSSR count). The summed E-state index contributed by atoms with van der Waals surface area (Å²) in [5, 5.41) is 2.60. The van der Waals surface area contributed by atoms with Crippen molar-refractivity contribution in [1.29, 1.82) is 0 Å². The van der Waals surface area contributed by atoms with E-state index < -0.39 is 33.4 Å². The highest BCUT2D eigenvalue weighted by atomic mass is 32.2. The molecule has 2 amide bonds. The molecule has 0 fully saturated rings. The summed E-state index contributed by atoms with van der Waals surface area (Å²) in [6, 6.07) is 13.8. The van der Waals surface area contributed by atoms with Gasteiger partial charge in [0.25, 0.3) is 5.91 Å². The van der Waals surface area contributed by atoms with Crippen LogP contribution < -0.4 is 15.8 Å². The summed E-state index contributed by atoms with van der Waals surface area (Å²) in [6.07, 6.45) is 0.268. The van der Waals surface area contributed by atoms with E-state index >= 15 is 0 Å². The fourth-order valence-corrected chi connectivity index (χ4v) is 3.98. The van der Waals surface area contributed by atoms with Gasteiger partial charge in [0, 0.05) is 17.5 Å². The van der Waals surface area contributed by atoms with Crippen molar-refractivity contribution in [3.8, 4) is 0 Å². The van der Waals surface area contributed by atoms with Crippen molar-refractivity contribution in [3.63, 3.8) is 0 Å². The number of hydrogen-bond acceptors (Lipinski definition) is 4. The summed E-state index contributed by atoms with van der Waals surface area (Å²) >= 11 is 0. The van der Waals surface area contributed by atoms with E-state index in [1.54, 1.807) is 20.8 Å². The zero-order valence-corrected chi connectivity index (χ0v) is 16.9. The molecule has 0 aliphatic heterocycles. The number of rotatable bonds is 7. The topological polar surface area (TPSA) is 118 Å². The molecule has 0 aliphatic carbocycles. The van der Waals surface area contributed by atoms with Crippen molar-refractivity contribution in [3.05, 3.63) is 65.7 Å². The molecule has 28 heavy (non-hydrogen) atoms. The number of nitrogens with one attached hydrogen (secondary N) is 2. The van der Waals surface area contributed by atoms with Crippen molar-refractivity contribution in [1.82, 2.24) is 10.0 Å². The Morgan fingerprint density at radius 1 is 1.00 bits per heavy atom. The number of benzene rings is 2. The first kappa shape index (κ1) is 21.6. The fraction of sp³-hybridized carbons (Fsp3) is 0.300. The molecule has 0 aliphatic rings. The summed E-state index contributed by atoms with van der Waals surface area (Å²) in [5.41, 5.74) is 5.88. The minimum absolute atomic E-state index is 0.0507. The van der Waals surface area contributed by atoms with Crippen LogP contribution in [0.1, 0.15) is 36.7 Å². The number of sulfonamides is 1. The third kappa shape index (κ3) is 6.17. The van der Waals surface area contributed by atoms with E-state index in [9.17, 15) is 18.0 Å². The Bertz CT molecular complexity index is 934. The minimum atomic E-state index is -3.69. The highest BCUT2D eigenvalue weighted by molar-refractivity contribution is 7.89. The van der Waals surface area contributed by atoms with Gasteiger partial charge in [-0.05, 0) is 50.6 Å². The van der Waals surface area contributed by atoms with Gasteiger partial charge in [0.1, 0.15) is 6.04 Å². The van der Waals surface area contributed by atoms with Gasteiger partial charge in [0.05, 0.1) is 4.90 Å². The molecule has 7 nitrogen and oxygen atoms in total. The van der Waals surface area contributed by atoms with Crippen molar-refractivity contribution in [2.45, 2.75) is 43.7 Å². The number of carbonyl (C=O) groups is 2. The first-order valence-corrected chi connectivity index (χ1v) is 10.2. The highest BCUT2D eigenvalue weighted by Gasteiger charge is 2.23. The van der Waals surface area contributed by atoms with Gasteiger partial charge in [0.15, 0.2) is 0 Å². The van der Waals surface area contributed by atoms with Crippen LogP contribution in [0.3, 0.4) is 0 Å². The second-order valence-corrected chi connectivity index (χ2v) is 9.18. The maximum absolute atomic E-state index is 12.5. The Kier molecular flexibility index (Phi) is 6.58. The normalized spacial score (nSPS) is 13.0. The molecular weight excluding hydrogens is 378 g/mol. The number of amides is 2. The van der Waals surface area contributed by atoms with Gasteiger partial charge in [-0.15, -0.1) is 0 Å². The Hall–Kier alpha value is -2.71. The summed E-state index contributed by atoms with van der Waals surface area (Å²) in [7, 11) is -3.69. The van der Waals surface area contributed by atoms with Gasteiger partial charge in [-0.3, -0.25) is 9.59 Å². The van der Waals surface area contributed by atoms with Gasteiger partial charge in [-0.2, -0.15) is 0 Å². The molecule has 0 heterocycles. The van der Waals surface area contributed by atoms with Gasteiger partial charge >= 0.3 is 0 Å². The van der Waals surface area contributed by atoms with Crippen LogP contribution in [-0.2, 0) is 21.2 Å². The first-order valence-electron chi connectivity index (χ1n) is 8.76. The molecule has 0 bridgehead atoms. The SMILES string of the molecule is CC(C)(C)NS(=O)(=O)c1ccc(C(=O)N[C@H](Cc2ccccc2)C(N)=O)cc1. The standard InChI is InChI=1S/C20H25N3O4S/c1-20(2,3)23-28(26,27)16-11-9-15(10-12-16)19(25)22-17(18(21)24)13-14-7-5-4-6-8-14/h4-12,17,23H,13H2,1-3H3,(H2,21,24)(H,22,25)/t17-/m1/s1. The molecule has 0 aromatic heterocycles. The molecular formula is C20H25N3O4S. The summed E-state index contributed by atoms with van der Waals surface area (Å²) in [4.78, 5) is 24.2. The van der Waals surface area contributed by atoms with Crippen LogP contribution >= 0.6 is 0 Å². The van der Waals surface area contributed by atoms with Crippen molar-refractivity contribution in [2.75, 3.05) is 0 Å². The van der Waals surface area contributed by atoms with Crippen LogP contribution in [0.2, 0.25) is 0 Å². The van der Waals surface area contributed by atoms with Gasteiger partial charge in [0.2, 0.25) is 15.9 Å². The van der Waals surface area contributed by atoms with E-state index in [2.05, 4.69) is 10.0 Å². The maximum atomic E-state index is 12.5. The smallest absolute Gasteiger partial charge is 0.251 e. The van der Waals surface area contributed by atoms with Crippen LogP contribution in [0, 0.1) is 0 Å². The average Bonchev–Trinajstić information content (AvgIpc) is 2.60. The third-order valence-electron chi connectivity index (χ3n) is 3.80. The molecule has 0 saturated heterocycles. The van der Waals surface area contributed by atoms with E-state index in [4.69, 9.17) is 5.73 Å². The van der Waals surface area contributed by atoms with E-state index in [1.165, 1.54) is 24.3 Å². The molecule has 2 aromatic carbocycles. The predicted octanol–water partition coefficient (Wildman–Crippen LogP) is 1.59. The molecule has 2 aromatic rings. The lowest BCUT2D eigenvalue weighted by molar-refractivity contribution is -0.119. The quantitative estimate of drug-likeness (QED) is 0.650. The molecule has 0 spiro atoms. The van der Waals surface area contributed by atoms with Crippen LogP contribution in [0.15, 0.2) is 59.5 Å². The van der Waals surface area contributed by atoms with Crippen LogP contribution in [0.5, 0.6) is 0 Å². The third-order valence-corrected chi connectivity index (χ3v) is 5.57. The number of primary amides is 1. The Labute approximate surface area is 165 Å². The Balaban J connectivity index is 2.12. The Morgan fingerprint density at radius 3 is 2.07 bits per heavy atom. The largest absolute Gasteiger partial charge is 0.368 e. The van der Waals surface area contributed by atoms with E-state index in [1.807, 2.05) is 30.3 Å². The maximum Gasteiger partial charge on any atom is 0.251 e. The lowest BCUT2D eigenvalue weighted by atomic mass is 10.0.